The van der Waals surface area contributed by atoms with Crippen molar-refractivity contribution in [3.63, 3.8) is 0 Å². The number of hydrogen-bond acceptors (Lipinski definition) is 3. The van der Waals surface area contributed by atoms with Crippen LogP contribution in [0.15, 0.2) is 42.5 Å². The first-order chi connectivity index (χ1) is 12.4. The minimum atomic E-state index is -1.01. The number of nitrogens with one attached hydrogen (secondary N) is 1. The van der Waals surface area contributed by atoms with Gasteiger partial charge in [0.05, 0.1) is 16.9 Å². The number of piperidine rings is 1. The Morgan fingerprint density at radius 1 is 1.12 bits per heavy atom. The Morgan fingerprint density at radius 2 is 1.81 bits per heavy atom. The van der Waals surface area contributed by atoms with E-state index in [2.05, 4.69) is 17.1 Å². The van der Waals surface area contributed by atoms with Gasteiger partial charge in [-0.1, -0.05) is 24.6 Å². The summed E-state index contributed by atoms with van der Waals surface area (Å²) in [6.07, 6.45) is 2.28. The van der Waals surface area contributed by atoms with Crippen molar-refractivity contribution in [2.45, 2.75) is 26.7 Å². The van der Waals surface area contributed by atoms with Gasteiger partial charge >= 0.3 is 5.97 Å². The molecule has 5 heteroatoms. The van der Waals surface area contributed by atoms with Crippen molar-refractivity contribution in [1.29, 1.82) is 0 Å². The summed E-state index contributed by atoms with van der Waals surface area (Å²) in [6.45, 7) is 5.99. The maximum atomic E-state index is 12.6. The van der Waals surface area contributed by atoms with E-state index in [0.29, 0.717) is 17.2 Å². The topological polar surface area (TPSA) is 69.6 Å². The van der Waals surface area contributed by atoms with Gasteiger partial charge in [-0.05, 0) is 56.0 Å². The van der Waals surface area contributed by atoms with Crippen LogP contribution in [0.25, 0.3) is 0 Å². The second-order valence-electron chi connectivity index (χ2n) is 7.05. The molecular weight excluding hydrogens is 328 g/mol. The van der Waals surface area contributed by atoms with Gasteiger partial charge in [-0.3, -0.25) is 4.79 Å². The highest BCUT2D eigenvalue weighted by atomic mass is 16.4. The molecule has 0 aliphatic carbocycles. The van der Waals surface area contributed by atoms with Gasteiger partial charge in [0.15, 0.2) is 0 Å². The van der Waals surface area contributed by atoms with Gasteiger partial charge in [0.25, 0.3) is 5.91 Å². The first kappa shape index (κ1) is 18.0. The average Bonchev–Trinajstić information content (AvgIpc) is 2.62. The second-order valence-corrected chi connectivity index (χ2v) is 7.05. The normalized spacial score (nSPS) is 17.0. The number of carbonyl (C=O) groups excluding carboxylic acids is 1. The predicted octanol–water partition coefficient (Wildman–Crippen LogP) is 4.18. The maximum absolute atomic E-state index is 12.6. The maximum Gasteiger partial charge on any atom is 0.335 e. The first-order valence-electron chi connectivity index (χ1n) is 8.94. The number of hydrogen-bond donors (Lipinski definition) is 2. The molecule has 1 amide bonds. The summed E-state index contributed by atoms with van der Waals surface area (Å²) >= 11 is 0. The molecule has 1 heterocycles. The number of nitrogens with zero attached hydrogens (tertiary/aromatic N) is 1. The molecule has 1 aliphatic heterocycles. The number of carboxylic acid groups (broad SMARTS) is 1. The van der Waals surface area contributed by atoms with Crippen LogP contribution < -0.4 is 10.2 Å². The number of aryl methyl sites for hydroxylation is 1. The van der Waals surface area contributed by atoms with Crippen molar-refractivity contribution in [3.05, 3.63) is 59.2 Å². The molecule has 1 saturated heterocycles. The molecule has 0 spiro atoms. The third kappa shape index (κ3) is 4.04. The summed E-state index contributed by atoms with van der Waals surface area (Å²) in [5.41, 5.74) is 3.22. The Hall–Kier alpha value is -2.82. The van der Waals surface area contributed by atoms with E-state index < -0.39 is 5.97 Å². The van der Waals surface area contributed by atoms with Crippen molar-refractivity contribution in [2.75, 3.05) is 23.3 Å². The van der Waals surface area contributed by atoms with Crippen LogP contribution in [0.5, 0.6) is 0 Å². The SMILES string of the molecule is Cc1ccc(C(=O)Nc2cc(C(=O)O)ccc2N2CCCC(C)C2)cc1. The third-order valence-corrected chi connectivity index (χ3v) is 4.80. The van der Waals surface area contributed by atoms with Crippen molar-refractivity contribution in [1.82, 2.24) is 0 Å². The fourth-order valence-corrected chi connectivity index (χ4v) is 3.35. The van der Waals surface area contributed by atoms with Gasteiger partial charge < -0.3 is 15.3 Å². The van der Waals surface area contributed by atoms with Gasteiger partial charge in [0.2, 0.25) is 0 Å². The van der Waals surface area contributed by atoms with Crippen LogP contribution in [0.3, 0.4) is 0 Å². The van der Waals surface area contributed by atoms with E-state index in [1.165, 1.54) is 6.42 Å². The lowest BCUT2D eigenvalue weighted by Gasteiger charge is -2.34. The molecule has 1 aliphatic rings. The van der Waals surface area contributed by atoms with E-state index in [4.69, 9.17) is 0 Å². The average molecular weight is 352 g/mol. The lowest BCUT2D eigenvalue weighted by molar-refractivity contribution is 0.0696. The summed E-state index contributed by atoms with van der Waals surface area (Å²) < 4.78 is 0. The van der Waals surface area contributed by atoms with Crippen molar-refractivity contribution >= 4 is 23.3 Å². The smallest absolute Gasteiger partial charge is 0.335 e. The molecule has 2 N–H and O–H groups in total. The molecule has 136 valence electrons. The van der Waals surface area contributed by atoms with Gasteiger partial charge in [-0.15, -0.1) is 0 Å². The Bertz CT molecular complexity index is 815. The standard InChI is InChI=1S/C21H24N2O3/c1-14-5-7-16(8-6-14)20(24)22-18-12-17(21(25)26)9-10-19(18)23-11-3-4-15(2)13-23/h5-10,12,15H,3-4,11,13H2,1-2H3,(H,22,24)(H,25,26). The van der Waals surface area contributed by atoms with E-state index in [9.17, 15) is 14.7 Å². The fourth-order valence-electron chi connectivity index (χ4n) is 3.35. The first-order valence-corrected chi connectivity index (χ1v) is 8.94. The fraction of sp³-hybridized carbons (Fsp3) is 0.333. The van der Waals surface area contributed by atoms with E-state index in [-0.39, 0.29) is 11.5 Å². The number of benzene rings is 2. The molecule has 1 atom stereocenters. The highest BCUT2D eigenvalue weighted by molar-refractivity contribution is 6.06. The Balaban J connectivity index is 1.91. The lowest BCUT2D eigenvalue weighted by atomic mass is 9.99. The van der Waals surface area contributed by atoms with Crippen molar-refractivity contribution < 1.29 is 14.7 Å². The van der Waals surface area contributed by atoms with E-state index in [1.807, 2.05) is 19.1 Å². The van der Waals surface area contributed by atoms with Crippen LogP contribution in [0.4, 0.5) is 11.4 Å². The quantitative estimate of drug-likeness (QED) is 0.866. The van der Waals surface area contributed by atoms with Crippen LogP contribution in [0.1, 0.15) is 46.0 Å². The van der Waals surface area contributed by atoms with Crippen molar-refractivity contribution in [2.24, 2.45) is 5.92 Å². The summed E-state index contributed by atoms with van der Waals surface area (Å²) in [5, 5.41) is 12.2. The van der Waals surface area contributed by atoms with Crippen LogP contribution in [-0.4, -0.2) is 30.1 Å². The van der Waals surface area contributed by atoms with Gasteiger partial charge in [-0.2, -0.15) is 0 Å². The summed E-state index contributed by atoms with van der Waals surface area (Å²) in [4.78, 5) is 26.2. The molecular formula is C21H24N2O3. The summed E-state index contributed by atoms with van der Waals surface area (Å²) in [5.74, 6) is -0.670. The van der Waals surface area contributed by atoms with Gasteiger partial charge in [-0.25, -0.2) is 4.79 Å². The van der Waals surface area contributed by atoms with Gasteiger partial charge in [0, 0.05) is 18.7 Å². The van der Waals surface area contributed by atoms with E-state index in [0.717, 1.165) is 30.8 Å². The monoisotopic (exact) mass is 352 g/mol. The van der Waals surface area contributed by atoms with Crippen LogP contribution >= 0.6 is 0 Å². The molecule has 0 radical (unpaired) electrons. The van der Waals surface area contributed by atoms with Crippen LogP contribution in [-0.2, 0) is 0 Å². The molecule has 5 nitrogen and oxygen atoms in total. The molecule has 2 aromatic rings. The second kappa shape index (κ2) is 7.60. The zero-order valence-corrected chi connectivity index (χ0v) is 15.2. The molecule has 0 saturated carbocycles. The summed E-state index contributed by atoms with van der Waals surface area (Å²) in [6, 6.07) is 12.3. The Kier molecular flexibility index (Phi) is 5.26. The number of aromatic carboxylic acids is 1. The van der Waals surface area contributed by atoms with Crippen molar-refractivity contribution in [3.8, 4) is 0 Å². The molecule has 1 unspecified atom stereocenters. The van der Waals surface area contributed by atoms with E-state index >= 15 is 0 Å². The zero-order valence-electron chi connectivity index (χ0n) is 15.2. The number of rotatable bonds is 4. The zero-order chi connectivity index (χ0) is 18.7. The predicted molar refractivity (Wildman–Crippen MR) is 103 cm³/mol. The highest BCUT2D eigenvalue weighted by Gasteiger charge is 2.21. The highest BCUT2D eigenvalue weighted by Crippen LogP contribution is 2.31. The largest absolute Gasteiger partial charge is 0.478 e. The lowest BCUT2D eigenvalue weighted by Crippen LogP contribution is -2.35. The molecule has 0 bridgehead atoms. The molecule has 3 rings (SSSR count). The number of anilines is 2. The number of carbonyl (C=O) groups is 2. The number of carboxylic acids is 1. The van der Waals surface area contributed by atoms with E-state index in [1.54, 1.807) is 30.3 Å². The molecule has 2 aromatic carbocycles. The van der Waals surface area contributed by atoms with Crippen LogP contribution in [0.2, 0.25) is 0 Å². The minimum Gasteiger partial charge on any atom is -0.478 e. The Labute approximate surface area is 153 Å². The Morgan fingerprint density at radius 3 is 2.46 bits per heavy atom. The molecule has 26 heavy (non-hydrogen) atoms. The summed E-state index contributed by atoms with van der Waals surface area (Å²) in [7, 11) is 0. The third-order valence-electron chi connectivity index (χ3n) is 4.80. The number of amides is 1. The molecule has 1 fully saturated rings. The van der Waals surface area contributed by atoms with Gasteiger partial charge in [0.1, 0.15) is 0 Å². The molecule has 0 aromatic heterocycles. The minimum absolute atomic E-state index is 0.165. The van der Waals surface area contributed by atoms with Crippen LogP contribution in [0, 0.1) is 12.8 Å².